The zero-order valence-electron chi connectivity index (χ0n) is 21.1. The Morgan fingerprint density at radius 2 is 1.48 bits per heavy atom. The van der Waals surface area contributed by atoms with Gasteiger partial charge < -0.3 is 10.1 Å². The lowest BCUT2D eigenvalue weighted by Crippen LogP contribution is -2.25. The lowest BCUT2D eigenvalue weighted by Gasteiger charge is -2.14. The fraction of sp³-hybridized carbons (Fsp3) is 0.107. The van der Waals surface area contributed by atoms with E-state index in [-0.39, 0.29) is 38.4 Å². The molecule has 0 aliphatic heterocycles. The average molecular weight is 620 g/mol. The van der Waals surface area contributed by atoms with Crippen molar-refractivity contribution in [1.82, 2.24) is 5.32 Å². The highest BCUT2D eigenvalue weighted by Gasteiger charge is 2.20. The van der Waals surface area contributed by atoms with Crippen LogP contribution in [0.1, 0.15) is 22.8 Å². The molecule has 0 saturated carbocycles. The fourth-order valence-electron chi connectivity index (χ4n) is 3.60. The standard InChI is InChI=1S/C28H24Cl2N2O6S2/c1-2-39(34,35)22-12-7-19(8-13-22)18-31-28(33)24-17-20(29)9-16-26(24)32-40(36,37)23-14-10-21(11-15-23)38-27-6-4-3-5-25(27)30/h3-17,32H,2,18H2,1H3,(H,31,33). The highest BCUT2D eigenvalue weighted by Crippen LogP contribution is 2.30. The van der Waals surface area contributed by atoms with E-state index >= 15 is 0 Å². The molecule has 0 spiro atoms. The average Bonchev–Trinajstić information content (AvgIpc) is 2.94. The van der Waals surface area contributed by atoms with E-state index in [0.29, 0.717) is 22.1 Å². The predicted octanol–water partition coefficient (Wildman–Crippen LogP) is 6.31. The highest BCUT2D eigenvalue weighted by atomic mass is 35.5. The molecule has 0 heterocycles. The number of benzene rings is 4. The van der Waals surface area contributed by atoms with Crippen LogP contribution in [-0.4, -0.2) is 28.5 Å². The summed E-state index contributed by atoms with van der Waals surface area (Å²) in [5.41, 5.74) is 0.703. The number of sulfone groups is 1. The molecule has 1 amide bonds. The third-order valence-electron chi connectivity index (χ3n) is 5.78. The van der Waals surface area contributed by atoms with Gasteiger partial charge in [-0.15, -0.1) is 0 Å². The molecule has 0 aromatic heterocycles. The van der Waals surface area contributed by atoms with Gasteiger partial charge in [0.1, 0.15) is 11.5 Å². The molecule has 0 bridgehead atoms. The van der Waals surface area contributed by atoms with E-state index in [1.54, 1.807) is 43.3 Å². The van der Waals surface area contributed by atoms with Crippen molar-refractivity contribution < 1.29 is 26.4 Å². The Hall–Kier alpha value is -3.57. The van der Waals surface area contributed by atoms with Crippen molar-refractivity contribution in [2.45, 2.75) is 23.3 Å². The first-order valence-corrected chi connectivity index (χ1v) is 15.8. The van der Waals surface area contributed by atoms with Gasteiger partial charge in [-0.3, -0.25) is 9.52 Å². The third-order valence-corrected chi connectivity index (χ3v) is 9.46. The number of nitrogens with one attached hydrogen (secondary N) is 2. The van der Waals surface area contributed by atoms with Gasteiger partial charge in [0, 0.05) is 11.6 Å². The molecule has 0 radical (unpaired) electrons. The van der Waals surface area contributed by atoms with Crippen molar-refractivity contribution in [3.63, 3.8) is 0 Å². The maximum Gasteiger partial charge on any atom is 0.261 e. The number of para-hydroxylation sites is 1. The second-order valence-corrected chi connectivity index (χ2v) is 13.3. The minimum absolute atomic E-state index is 0.0138. The van der Waals surface area contributed by atoms with Crippen LogP contribution in [0.15, 0.2) is 101 Å². The molecule has 2 N–H and O–H groups in total. The Morgan fingerprint density at radius 1 is 0.825 bits per heavy atom. The van der Waals surface area contributed by atoms with Gasteiger partial charge in [0.25, 0.3) is 15.9 Å². The molecule has 0 aliphatic carbocycles. The first-order valence-electron chi connectivity index (χ1n) is 11.9. The summed E-state index contributed by atoms with van der Waals surface area (Å²) in [7, 11) is -7.42. The minimum Gasteiger partial charge on any atom is -0.456 e. The normalized spacial score (nSPS) is 11.6. The molecular formula is C28H24Cl2N2O6S2. The summed E-state index contributed by atoms with van der Waals surface area (Å²) < 4.78 is 58.4. The molecule has 4 rings (SSSR count). The molecule has 8 nitrogen and oxygen atoms in total. The lowest BCUT2D eigenvalue weighted by molar-refractivity contribution is 0.0951. The lowest BCUT2D eigenvalue weighted by atomic mass is 10.1. The molecule has 0 saturated heterocycles. The number of rotatable bonds is 10. The zero-order chi connectivity index (χ0) is 28.9. The summed E-state index contributed by atoms with van der Waals surface area (Å²) >= 11 is 12.2. The highest BCUT2D eigenvalue weighted by molar-refractivity contribution is 7.92. The first-order chi connectivity index (χ1) is 19.0. The van der Waals surface area contributed by atoms with E-state index in [2.05, 4.69) is 10.0 Å². The molecule has 40 heavy (non-hydrogen) atoms. The van der Waals surface area contributed by atoms with Crippen molar-refractivity contribution in [3.8, 4) is 11.5 Å². The summed E-state index contributed by atoms with van der Waals surface area (Å²) in [5, 5.41) is 3.36. The smallest absolute Gasteiger partial charge is 0.261 e. The van der Waals surface area contributed by atoms with E-state index < -0.39 is 25.8 Å². The monoisotopic (exact) mass is 618 g/mol. The van der Waals surface area contributed by atoms with Gasteiger partial charge >= 0.3 is 0 Å². The second kappa shape index (κ2) is 12.3. The van der Waals surface area contributed by atoms with Crippen molar-refractivity contribution in [1.29, 1.82) is 0 Å². The maximum absolute atomic E-state index is 13.1. The molecule has 0 aliphatic rings. The molecule has 4 aromatic carbocycles. The van der Waals surface area contributed by atoms with Gasteiger partial charge in [-0.25, -0.2) is 16.8 Å². The predicted molar refractivity (Wildman–Crippen MR) is 156 cm³/mol. The minimum atomic E-state index is -4.08. The number of sulfonamides is 1. The van der Waals surface area contributed by atoms with Gasteiger partial charge in [0.05, 0.1) is 31.8 Å². The molecule has 4 aromatic rings. The van der Waals surface area contributed by atoms with E-state index in [4.69, 9.17) is 27.9 Å². The quantitative estimate of drug-likeness (QED) is 0.215. The van der Waals surface area contributed by atoms with Crippen LogP contribution in [0.2, 0.25) is 10.0 Å². The van der Waals surface area contributed by atoms with Crippen LogP contribution in [0.4, 0.5) is 5.69 Å². The Morgan fingerprint density at radius 3 is 2.12 bits per heavy atom. The van der Waals surface area contributed by atoms with Crippen molar-refractivity contribution >= 4 is 54.7 Å². The van der Waals surface area contributed by atoms with Gasteiger partial charge in [0.15, 0.2) is 9.84 Å². The van der Waals surface area contributed by atoms with Crippen LogP contribution in [0.5, 0.6) is 11.5 Å². The Kier molecular flexibility index (Phi) is 9.05. The Bertz CT molecular complexity index is 1740. The van der Waals surface area contributed by atoms with Crippen LogP contribution in [0, 0.1) is 0 Å². The number of carbonyl (C=O) groups is 1. The number of anilines is 1. The third kappa shape index (κ3) is 7.14. The van der Waals surface area contributed by atoms with Crippen LogP contribution >= 0.6 is 23.2 Å². The fourth-order valence-corrected chi connectivity index (χ4v) is 5.91. The van der Waals surface area contributed by atoms with E-state index in [0.717, 1.165) is 0 Å². The largest absolute Gasteiger partial charge is 0.456 e. The molecule has 0 atom stereocenters. The van der Waals surface area contributed by atoms with Gasteiger partial charge in [-0.2, -0.15) is 0 Å². The van der Waals surface area contributed by atoms with Gasteiger partial charge in [0.2, 0.25) is 0 Å². The number of hydrogen-bond acceptors (Lipinski definition) is 6. The van der Waals surface area contributed by atoms with E-state index in [1.807, 2.05) is 0 Å². The van der Waals surface area contributed by atoms with Crippen molar-refractivity contribution in [3.05, 3.63) is 112 Å². The number of amides is 1. The summed E-state index contributed by atoms with van der Waals surface area (Å²) in [6.45, 7) is 1.64. The molecule has 12 heteroatoms. The molecule has 0 unspecified atom stereocenters. The molecular weight excluding hydrogens is 595 g/mol. The summed E-state index contributed by atoms with van der Waals surface area (Å²) in [6.07, 6.45) is 0. The maximum atomic E-state index is 13.1. The van der Waals surface area contributed by atoms with Crippen LogP contribution in [-0.2, 0) is 26.4 Å². The Labute approximate surface area is 242 Å². The summed E-state index contributed by atoms with van der Waals surface area (Å²) in [5.74, 6) is 0.223. The van der Waals surface area contributed by atoms with E-state index in [1.165, 1.54) is 54.6 Å². The van der Waals surface area contributed by atoms with Crippen LogP contribution in [0.3, 0.4) is 0 Å². The summed E-state index contributed by atoms with van der Waals surface area (Å²) in [6, 6.07) is 23.0. The topological polar surface area (TPSA) is 119 Å². The SMILES string of the molecule is CCS(=O)(=O)c1ccc(CNC(=O)c2cc(Cl)ccc2NS(=O)(=O)c2ccc(Oc3ccccc3Cl)cc2)cc1. The van der Waals surface area contributed by atoms with Crippen LogP contribution in [0.25, 0.3) is 0 Å². The number of halogens is 2. The van der Waals surface area contributed by atoms with Crippen molar-refractivity contribution in [2.24, 2.45) is 0 Å². The molecule has 208 valence electrons. The first kappa shape index (κ1) is 29.4. The zero-order valence-corrected chi connectivity index (χ0v) is 24.2. The van der Waals surface area contributed by atoms with Gasteiger partial charge in [-0.05, 0) is 72.3 Å². The van der Waals surface area contributed by atoms with Crippen molar-refractivity contribution in [2.75, 3.05) is 10.5 Å². The van der Waals surface area contributed by atoms with E-state index in [9.17, 15) is 21.6 Å². The Balaban J connectivity index is 1.48. The summed E-state index contributed by atoms with van der Waals surface area (Å²) in [4.78, 5) is 13.1. The number of carbonyl (C=O) groups excluding carboxylic acids is 1. The molecule has 0 fully saturated rings. The van der Waals surface area contributed by atoms with Crippen LogP contribution < -0.4 is 14.8 Å². The van der Waals surface area contributed by atoms with Gasteiger partial charge in [-0.1, -0.05) is 54.4 Å². The number of hydrogen-bond donors (Lipinski definition) is 2. The number of ether oxygens (including phenoxy) is 1. The second-order valence-electron chi connectivity index (χ2n) is 8.53.